The van der Waals surface area contributed by atoms with Crippen LogP contribution in [0.5, 0.6) is 0 Å². The Kier molecular flexibility index (Phi) is 4.15. The van der Waals surface area contributed by atoms with Crippen LogP contribution in [0.25, 0.3) is 0 Å². The largest absolute Gasteiger partial charge is 0.479 e. The Balaban J connectivity index is 1.77. The van der Waals surface area contributed by atoms with E-state index in [2.05, 4.69) is 10.3 Å². The number of hydrogen-bond donors (Lipinski definition) is 2. The Bertz CT molecular complexity index is 328. The van der Waals surface area contributed by atoms with Crippen molar-refractivity contribution in [3.05, 3.63) is 0 Å². The summed E-state index contributed by atoms with van der Waals surface area (Å²) in [5.74, 6) is -1.23. The molecule has 0 saturated carbocycles. The van der Waals surface area contributed by atoms with E-state index in [9.17, 15) is 9.59 Å². The molecule has 1 amide bonds. The molecule has 0 aromatic carbocycles. The third kappa shape index (κ3) is 3.18. The van der Waals surface area contributed by atoms with Crippen LogP contribution < -0.4 is 5.43 Å². The van der Waals surface area contributed by atoms with Gasteiger partial charge >= 0.3 is 5.97 Å². The number of carbonyl (C=O) groups is 2. The fourth-order valence-electron chi connectivity index (χ4n) is 2.16. The summed E-state index contributed by atoms with van der Waals surface area (Å²) in [5, 5.41) is 10.7. The standard InChI is InChI=1S/C11H19N3O4/c1-13-4-6-14(7-5-13)12-10(15)8-2-3-9(18-8)11(16)17/h8-9H,2-7H2,1H3,(H,12,15)(H,16,17)/t8-,9+/m0/s1. The lowest BCUT2D eigenvalue weighted by Gasteiger charge is -2.32. The summed E-state index contributed by atoms with van der Waals surface area (Å²) in [7, 11) is 2.04. The number of carbonyl (C=O) groups excluding carboxylic acids is 1. The molecular weight excluding hydrogens is 238 g/mol. The van der Waals surface area contributed by atoms with Crippen LogP contribution in [0.15, 0.2) is 0 Å². The molecular formula is C11H19N3O4. The maximum absolute atomic E-state index is 11.9. The van der Waals surface area contributed by atoms with Gasteiger partial charge in [-0.3, -0.25) is 10.2 Å². The summed E-state index contributed by atoms with van der Waals surface area (Å²) in [6, 6.07) is 0. The highest BCUT2D eigenvalue weighted by molar-refractivity contribution is 5.82. The van der Waals surface area contributed by atoms with Crippen LogP contribution in [0, 0.1) is 0 Å². The number of carboxylic acid groups (broad SMARTS) is 1. The molecule has 0 bridgehead atoms. The van der Waals surface area contributed by atoms with Gasteiger partial charge < -0.3 is 14.7 Å². The molecule has 102 valence electrons. The molecule has 0 aromatic rings. The van der Waals surface area contributed by atoms with Gasteiger partial charge in [0.25, 0.3) is 5.91 Å². The molecule has 2 atom stereocenters. The highest BCUT2D eigenvalue weighted by atomic mass is 16.5. The van der Waals surface area contributed by atoms with Gasteiger partial charge in [0.05, 0.1) is 0 Å². The SMILES string of the molecule is CN1CCN(NC(=O)[C@@H]2CC[C@H](C(=O)O)O2)CC1. The maximum Gasteiger partial charge on any atom is 0.332 e. The molecule has 2 aliphatic rings. The number of likely N-dealkylation sites (N-methyl/N-ethyl adjacent to an activating group) is 1. The zero-order valence-corrected chi connectivity index (χ0v) is 10.5. The maximum atomic E-state index is 11.9. The molecule has 0 radical (unpaired) electrons. The fraction of sp³-hybridized carbons (Fsp3) is 0.818. The third-order valence-electron chi connectivity index (χ3n) is 3.36. The first-order valence-corrected chi connectivity index (χ1v) is 6.18. The van der Waals surface area contributed by atoms with Gasteiger partial charge in [0.15, 0.2) is 6.10 Å². The van der Waals surface area contributed by atoms with Crippen molar-refractivity contribution >= 4 is 11.9 Å². The summed E-state index contributed by atoms with van der Waals surface area (Å²) >= 11 is 0. The minimum Gasteiger partial charge on any atom is -0.479 e. The molecule has 0 aromatic heterocycles. The Labute approximate surface area is 106 Å². The molecule has 18 heavy (non-hydrogen) atoms. The van der Waals surface area contributed by atoms with Crippen LogP contribution in [-0.2, 0) is 14.3 Å². The van der Waals surface area contributed by atoms with Crippen LogP contribution in [0.3, 0.4) is 0 Å². The van der Waals surface area contributed by atoms with Crippen molar-refractivity contribution in [1.29, 1.82) is 0 Å². The van der Waals surface area contributed by atoms with Gasteiger partial charge in [0.1, 0.15) is 6.10 Å². The first kappa shape index (κ1) is 13.3. The van der Waals surface area contributed by atoms with Gasteiger partial charge in [-0.15, -0.1) is 0 Å². The van der Waals surface area contributed by atoms with Crippen molar-refractivity contribution in [3.63, 3.8) is 0 Å². The predicted molar refractivity (Wildman–Crippen MR) is 62.7 cm³/mol. The van der Waals surface area contributed by atoms with E-state index >= 15 is 0 Å². The Morgan fingerprint density at radius 3 is 2.33 bits per heavy atom. The summed E-state index contributed by atoms with van der Waals surface area (Å²) in [6.07, 6.45) is -0.605. The van der Waals surface area contributed by atoms with Gasteiger partial charge in [-0.2, -0.15) is 0 Å². The van der Waals surface area contributed by atoms with Gasteiger partial charge in [-0.1, -0.05) is 0 Å². The number of nitrogens with one attached hydrogen (secondary N) is 1. The number of carboxylic acids is 1. The number of rotatable bonds is 3. The van der Waals surface area contributed by atoms with Crippen molar-refractivity contribution in [1.82, 2.24) is 15.3 Å². The van der Waals surface area contributed by atoms with Crippen LogP contribution in [0.4, 0.5) is 0 Å². The molecule has 2 heterocycles. The minimum absolute atomic E-state index is 0.233. The summed E-state index contributed by atoms with van der Waals surface area (Å²) in [4.78, 5) is 24.8. The molecule has 2 aliphatic heterocycles. The van der Waals surface area contributed by atoms with E-state index < -0.39 is 18.2 Å². The second kappa shape index (κ2) is 5.64. The fourth-order valence-corrected chi connectivity index (χ4v) is 2.16. The molecule has 7 heteroatoms. The number of hydrazine groups is 1. The number of ether oxygens (including phenoxy) is 1. The smallest absolute Gasteiger partial charge is 0.332 e. The first-order chi connectivity index (χ1) is 8.56. The van der Waals surface area contributed by atoms with Crippen LogP contribution >= 0.6 is 0 Å². The van der Waals surface area contributed by atoms with E-state index in [4.69, 9.17) is 9.84 Å². The van der Waals surface area contributed by atoms with Crippen molar-refractivity contribution in [2.75, 3.05) is 33.2 Å². The number of aliphatic carboxylic acids is 1. The zero-order chi connectivity index (χ0) is 13.1. The molecule has 2 N–H and O–H groups in total. The van der Waals surface area contributed by atoms with E-state index in [1.54, 1.807) is 0 Å². The highest BCUT2D eigenvalue weighted by Crippen LogP contribution is 2.20. The second-order valence-corrected chi connectivity index (χ2v) is 4.80. The molecule has 2 saturated heterocycles. The van der Waals surface area contributed by atoms with Crippen LogP contribution in [0.1, 0.15) is 12.8 Å². The number of piperazine rings is 1. The number of nitrogens with zero attached hydrogens (tertiary/aromatic N) is 2. The molecule has 2 rings (SSSR count). The predicted octanol–water partition coefficient (Wildman–Crippen LogP) is -1.10. The van der Waals surface area contributed by atoms with Crippen molar-refractivity contribution in [2.45, 2.75) is 25.0 Å². The third-order valence-corrected chi connectivity index (χ3v) is 3.36. The van der Waals surface area contributed by atoms with Gasteiger partial charge in [-0.05, 0) is 19.9 Å². The Morgan fingerprint density at radius 2 is 1.78 bits per heavy atom. The molecule has 0 unspecified atom stereocenters. The summed E-state index contributed by atoms with van der Waals surface area (Å²) < 4.78 is 5.20. The average Bonchev–Trinajstić information content (AvgIpc) is 2.81. The van der Waals surface area contributed by atoms with E-state index in [0.29, 0.717) is 12.8 Å². The first-order valence-electron chi connectivity index (χ1n) is 6.18. The van der Waals surface area contributed by atoms with E-state index in [1.807, 2.05) is 12.1 Å². The Morgan fingerprint density at radius 1 is 1.17 bits per heavy atom. The van der Waals surface area contributed by atoms with Crippen LogP contribution in [0.2, 0.25) is 0 Å². The highest BCUT2D eigenvalue weighted by Gasteiger charge is 2.35. The minimum atomic E-state index is -0.995. The van der Waals surface area contributed by atoms with Crippen LogP contribution in [-0.4, -0.2) is 72.3 Å². The second-order valence-electron chi connectivity index (χ2n) is 4.80. The van der Waals surface area contributed by atoms with E-state index in [1.165, 1.54) is 0 Å². The van der Waals surface area contributed by atoms with E-state index in [-0.39, 0.29) is 5.91 Å². The lowest BCUT2D eigenvalue weighted by molar-refractivity contribution is -0.153. The molecule has 0 spiro atoms. The number of amides is 1. The zero-order valence-electron chi connectivity index (χ0n) is 10.5. The van der Waals surface area contributed by atoms with Gasteiger partial charge in [0.2, 0.25) is 0 Å². The lowest BCUT2D eigenvalue weighted by atomic mass is 10.2. The summed E-state index contributed by atoms with van der Waals surface area (Å²) in [5.41, 5.74) is 2.79. The van der Waals surface area contributed by atoms with Crippen molar-refractivity contribution < 1.29 is 19.4 Å². The van der Waals surface area contributed by atoms with Gasteiger partial charge in [-0.25, -0.2) is 9.80 Å². The van der Waals surface area contributed by atoms with Gasteiger partial charge in [0, 0.05) is 26.2 Å². The number of hydrogen-bond acceptors (Lipinski definition) is 5. The van der Waals surface area contributed by atoms with Crippen molar-refractivity contribution in [2.24, 2.45) is 0 Å². The Hall–Kier alpha value is -1.18. The lowest BCUT2D eigenvalue weighted by Crippen LogP contribution is -2.54. The van der Waals surface area contributed by atoms with E-state index in [0.717, 1.165) is 26.2 Å². The monoisotopic (exact) mass is 257 g/mol. The molecule has 2 fully saturated rings. The average molecular weight is 257 g/mol. The topological polar surface area (TPSA) is 82.1 Å². The van der Waals surface area contributed by atoms with Crippen molar-refractivity contribution in [3.8, 4) is 0 Å². The molecule has 7 nitrogen and oxygen atoms in total. The molecule has 0 aliphatic carbocycles. The normalized spacial score (nSPS) is 30.3. The quantitative estimate of drug-likeness (QED) is 0.667. The summed E-state index contributed by atoms with van der Waals surface area (Å²) in [6.45, 7) is 3.36.